The predicted molar refractivity (Wildman–Crippen MR) is 97.3 cm³/mol. The summed E-state index contributed by atoms with van der Waals surface area (Å²) in [7, 11) is 0. The van der Waals surface area contributed by atoms with Crippen LogP contribution in [0.2, 0.25) is 5.02 Å². The Kier molecular flexibility index (Phi) is 7.18. The van der Waals surface area contributed by atoms with Crippen molar-refractivity contribution in [3.63, 3.8) is 0 Å². The second-order valence-corrected chi connectivity index (χ2v) is 6.50. The van der Waals surface area contributed by atoms with Gasteiger partial charge in [-0.1, -0.05) is 37.6 Å². The van der Waals surface area contributed by atoms with E-state index in [-0.39, 0.29) is 5.91 Å². The minimum atomic E-state index is 0.264. The van der Waals surface area contributed by atoms with E-state index in [1.165, 1.54) is 0 Å². The predicted octanol–water partition coefficient (Wildman–Crippen LogP) is 3.11. The van der Waals surface area contributed by atoms with Crippen molar-refractivity contribution in [2.24, 2.45) is 0 Å². The molecule has 4 nitrogen and oxygen atoms in total. The topological polar surface area (TPSA) is 26.8 Å². The molecule has 1 saturated heterocycles. The van der Waals surface area contributed by atoms with Crippen LogP contribution in [0.25, 0.3) is 0 Å². The highest BCUT2D eigenvalue weighted by molar-refractivity contribution is 6.33. The SMILES string of the molecule is CCCN(CCC)C(=O)CN1CCN(c2ccccc2Cl)CC1. The minimum Gasteiger partial charge on any atom is -0.368 e. The quantitative estimate of drug-likeness (QED) is 0.765. The molecule has 0 atom stereocenters. The van der Waals surface area contributed by atoms with Crippen molar-refractivity contribution in [1.29, 1.82) is 0 Å². The lowest BCUT2D eigenvalue weighted by Gasteiger charge is -2.37. The second kappa shape index (κ2) is 9.14. The van der Waals surface area contributed by atoms with E-state index >= 15 is 0 Å². The van der Waals surface area contributed by atoms with Gasteiger partial charge in [0, 0.05) is 39.3 Å². The summed E-state index contributed by atoms with van der Waals surface area (Å²) in [5.41, 5.74) is 1.10. The fourth-order valence-corrected chi connectivity index (χ4v) is 3.30. The van der Waals surface area contributed by atoms with Gasteiger partial charge in [0.25, 0.3) is 0 Å². The molecule has 0 saturated carbocycles. The Morgan fingerprint density at radius 3 is 2.26 bits per heavy atom. The Balaban J connectivity index is 1.84. The number of nitrogens with zero attached hydrogens (tertiary/aromatic N) is 3. The van der Waals surface area contributed by atoms with E-state index < -0.39 is 0 Å². The molecule has 23 heavy (non-hydrogen) atoms. The third-order valence-corrected chi connectivity index (χ3v) is 4.58. The zero-order chi connectivity index (χ0) is 16.7. The number of anilines is 1. The molecule has 5 heteroatoms. The zero-order valence-corrected chi connectivity index (χ0v) is 15.1. The molecule has 1 heterocycles. The summed E-state index contributed by atoms with van der Waals surface area (Å²) in [4.78, 5) is 19.0. The smallest absolute Gasteiger partial charge is 0.236 e. The molecule has 128 valence electrons. The molecule has 1 fully saturated rings. The van der Waals surface area contributed by atoms with Crippen molar-refractivity contribution >= 4 is 23.2 Å². The van der Waals surface area contributed by atoms with Crippen LogP contribution in [0, 0.1) is 0 Å². The number of rotatable bonds is 7. The van der Waals surface area contributed by atoms with Crippen molar-refractivity contribution in [2.45, 2.75) is 26.7 Å². The van der Waals surface area contributed by atoms with Gasteiger partial charge in [-0.2, -0.15) is 0 Å². The maximum atomic E-state index is 12.4. The van der Waals surface area contributed by atoms with Crippen LogP contribution in [0.15, 0.2) is 24.3 Å². The molecule has 1 amide bonds. The van der Waals surface area contributed by atoms with Crippen LogP contribution in [-0.2, 0) is 4.79 Å². The van der Waals surface area contributed by atoms with E-state index in [2.05, 4.69) is 29.7 Å². The first-order chi connectivity index (χ1) is 11.2. The highest BCUT2D eigenvalue weighted by Gasteiger charge is 2.22. The van der Waals surface area contributed by atoms with E-state index in [4.69, 9.17) is 11.6 Å². The van der Waals surface area contributed by atoms with Gasteiger partial charge >= 0.3 is 0 Å². The zero-order valence-electron chi connectivity index (χ0n) is 14.3. The minimum absolute atomic E-state index is 0.264. The summed E-state index contributed by atoms with van der Waals surface area (Å²) in [5.74, 6) is 0.264. The number of halogens is 1. The summed E-state index contributed by atoms with van der Waals surface area (Å²) in [6.45, 7) is 10.2. The van der Waals surface area contributed by atoms with Crippen LogP contribution in [0.5, 0.6) is 0 Å². The van der Waals surface area contributed by atoms with Crippen molar-refractivity contribution in [3.05, 3.63) is 29.3 Å². The molecule has 1 aliphatic rings. The van der Waals surface area contributed by atoms with Crippen LogP contribution < -0.4 is 4.90 Å². The molecule has 0 aliphatic carbocycles. The van der Waals surface area contributed by atoms with Crippen molar-refractivity contribution in [2.75, 3.05) is 50.7 Å². The number of hydrogen-bond donors (Lipinski definition) is 0. The highest BCUT2D eigenvalue weighted by Crippen LogP contribution is 2.25. The Hall–Kier alpha value is -1.26. The lowest BCUT2D eigenvalue weighted by molar-refractivity contribution is -0.132. The van der Waals surface area contributed by atoms with E-state index in [0.29, 0.717) is 6.54 Å². The number of amides is 1. The molecule has 1 aromatic carbocycles. The second-order valence-electron chi connectivity index (χ2n) is 6.10. The van der Waals surface area contributed by atoms with Gasteiger partial charge in [0.1, 0.15) is 0 Å². The Morgan fingerprint density at radius 1 is 1.09 bits per heavy atom. The Morgan fingerprint density at radius 2 is 1.70 bits per heavy atom. The summed E-state index contributed by atoms with van der Waals surface area (Å²) in [6, 6.07) is 7.97. The monoisotopic (exact) mass is 337 g/mol. The molecule has 0 aromatic heterocycles. The largest absolute Gasteiger partial charge is 0.368 e. The maximum absolute atomic E-state index is 12.4. The molecule has 0 N–H and O–H groups in total. The lowest BCUT2D eigenvalue weighted by atomic mass is 10.2. The molecule has 1 aliphatic heterocycles. The molecule has 0 unspecified atom stereocenters. The van der Waals surface area contributed by atoms with Gasteiger partial charge in [0.15, 0.2) is 0 Å². The van der Waals surface area contributed by atoms with Gasteiger partial charge in [-0.3, -0.25) is 9.69 Å². The molecule has 0 bridgehead atoms. The molecular weight excluding hydrogens is 310 g/mol. The van der Waals surface area contributed by atoms with Gasteiger partial charge in [-0.15, -0.1) is 0 Å². The van der Waals surface area contributed by atoms with Crippen LogP contribution >= 0.6 is 11.6 Å². The normalized spacial score (nSPS) is 15.7. The van der Waals surface area contributed by atoms with Crippen LogP contribution in [0.1, 0.15) is 26.7 Å². The standard InChI is InChI=1S/C18H28ClN3O/c1-3-9-22(10-4-2)18(23)15-20-11-13-21(14-12-20)17-8-6-5-7-16(17)19/h5-8H,3-4,9-15H2,1-2H3. The summed E-state index contributed by atoms with van der Waals surface area (Å²) in [6.07, 6.45) is 2.04. The van der Waals surface area contributed by atoms with E-state index in [1.54, 1.807) is 0 Å². The molecule has 0 radical (unpaired) electrons. The van der Waals surface area contributed by atoms with Gasteiger partial charge < -0.3 is 9.80 Å². The van der Waals surface area contributed by atoms with Crippen LogP contribution in [0.3, 0.4) is 0 Å². The van der Waals surface area contributed by atoms with Gasteiger partial charge in [-0.05, 0) is 25.0 Å². The Bertz CT molecular complexity index is 495. The average Bonchev–Trinajstić information content (AvgIpc) is 2.56. The fourth-order valence-electron chi connectivity index (χ4n) is 3.05. The summed E-state index contributed by atoms with van der Waals surface area (Å²) >= 11 is 6.27. The van der Waals surface area contributed by atoms with Crippen molar-refractivity contribution in [3.8, 4) is 0 Å². The summed E-state index contributed by atoms with van der Waals surface area (Å²) in [5, 5.41) is 0.800. The first-order valence-corrected chi connectivity index (χ1v) is 9.03. The third kappa shape index (κ3) is 5.11. The van der Waals surface area contributed by atoms with Gasteiger partial charge in [-0.25, -0.2) is 0 Å². The van der Waals surface area contributed by atoms with Crippen LogP contribution in [-0.4, -0.2) is 61.5 Å². The number of para-hydroxylation sites is 1. The van der Waals surface area contributed by atoms with Crippen LogP contribution in [0.4, 0.5) is 5.69 Å². The number of carbonyl (C=O) groups excluding carboxylic acids is 1. The maximum Gasteiger partial charge on any atom is 0.236 e. The van der Waals surface area contributed by atoms with E-state index in [9.17, 15) is 4.79 Å². The Labute approximate surface area is 145 Å². The first-order valence-electron chi connectivity index (χ1n) is 8.65. The molecule has 1 aromatic rings. The molecule has 0 spiro atoms. The highest BCUT2D eigenvalue weighted by atomic mass is 35.5. The first kappa shape index (κ1) is 18.1. The molecular formula is C18H28ClN3O. The number of carbonyl (C=O) groups is 1. The average molecular weight is 338 g/mol. The lowest BCUT2D eigenvalue weighted by Crippen LogP contribution is -2.50. The van der Waals surface area contributed by atoms with Gasteiger partial charge in [0.2, 0.25) is 5.91 Å². The fraction of sp³-hybridized carbons (Fsp3) is 0.611. The molecule has 2 rings (SSSR count). The van der Waals surface area contributed by atoms with Crippen molar-refractivity contribution < 1.29 is 4.79 Å². The number of benzene rings is 1. The number of hydrogen-bond acceptors (Lipinski definition) is 3. The van der Waals surface area contributed by atoms with E-state index in [0.717, 1.165) is 62.8 Å². The van der Waals surface area contributed by atoms with Crippen molar-refractivity contribution in [1.82, 2.24) is 9.80 Å². The third-order valence-electron chi connectivity index (χ3n) is 4.26. The van der Waals surface area contributed by atoms with E-state index in [1.807, 2.05) is 23.1 Å². The van der Waals surface area contributed by atoms with Gasteiger partial charge in [0.05, 0.1) is 17.3 Å². The summed E-state index contributed by atoms with van der Waals surface area (Å²) < 4.78 is 0. The number of piperazine rings is 1.